The van der Waals surface area contributed by atoms with Crippen molar-refractivity contribution < 1.29 is 4.79 Å². The van der Waals surface area contributed by atoms with E-state index in [1.807, 2.05) is 47.4 Å². The van der Waals surface area contributed by atoms with Crippen LogP contribution in [0.2, 0.25) is 0 Å². The molecule has 3 heterocycles. The molecule has 4 rings (SSSR count). The summed E-state index contributed by atoms with van der Waals surface area (Å²) in [5, 5.41) is 0.930. The third kappa shape index (κ3) is 3.91. The van der Waals surface area contributed by atoms with E-state index < -0.39 is 0 Å². The molecule has 1 atom stereocenters. The maximum atomic E-state index is 13.5. The number of likely N-dealkylation sites (tertiary alicyclic amines) is 1. The number of carbonyl (C=O) groups is 1. The van der Waals surface area contributed by atoms with Gasteiger partial charge in [0.25, 0.3) is 5.91 Å². The van der Waals surface area contributed by atoms with E-state index in [1.54, 1.807) is 12.4 Å². The summed E-state index contributed by atoms with van der Waals surface area (Å²) >= 11 is 0. The van der Waals surface area contributed by atoms with Gasteiger partial charge in [-0.3, -0.25) is 9.78 Å². The van der Waals surface area contributed by atoms with E-state index >= 15 is 0 Å². The predicted octanol–water partition coefficient (Wildman–Crippen LogP) is 5.34. The zero-order valence-corrected chi connectivity index (χ0v) is 16.5. The van der Waals surface area contributed by atoms with E-state index in [9.17, 15) is 4.79 Å². The molecular formula is C24H27N3O. The summed E-state index contributed by atoms with van der Waals surface area (Å²) in [6, 6.07) is 13.8. The van der Waals surface area contributed by atoms with Crippen LogP contribution in [-0.4, -0.2) is 33.9 Å². The number of hydrogen-bond donors (Lipinski definition) is 0. The number of carbonyl (C=O) groups excluding carboxylic acids is 1. The van der Waals surface area contributed by atoms with Crippen LogP contribution in [0.25, 0.3) is 22.2 Å². The smallest absolute Gasteiger partial charge is 0.254 e. The van der Waals surface area contributed by atoms with Crippen molar-refractivity contribution in [1.82, 2.24) is 14.9 Å². The Morgan fingerprint density at radius 3 is 2.75 bits per heavy atom. The lowest BCUT2D eigenvalue weighted by molar-refractivity contribution is 0.0762. The van der Waals surface area contributed by atoms with Gasteiger partial charge >= 0.3 is 0 Å². The Hall–Kier alpha value is -2.75. The molecule has 0 N–H and O–H groups in total. The van der Waals surface area contributed by atoms with Crippen LogP contribution in [0.1, 0.15) is 49.4 Å². The first kappa shape index (κ1) is 18.6. The van der Waals surface area contributed by atoms with Gasteiger partial charge < -0.3 is 4.90 Å². The van der Waals surface area contributed by atoms with E-state index in [0.29, 0.717) is 0 Å². The Kier molecular flexibility index (Phi) is 5.65. The SMILES string of the molecule is CCC[C@@H]1CCCN(C(=O)c2cc(-c3ccncc3)nc3ccccc23)CC1. The molecule has 0 bridgehead atoms. The minimum absolute atomic E-state index is 0.131. The monoisotopic (exact) mass is 373 g/mol. The van der Waals surface area contributed by atoms with Gasteiger partial charge in [0.2, 0.25) is 0 Å². The second-order valence-corrected chi connectivity index (χ2v) is 7.69. The van der Waals surface area contributed by atoms with Gasteiger partial charge in [-0.1, -0.05) is 38.0 Å². The molecule has 144 valence electrons. The highest BCUT2D eigenvalue weighted by molar-refractivity contribution is 6.07. The number of pyridine rings is 2. The average molecular weight is 374 g/mol. The van der Waals surface area contributed by atoms with E-state index in [-0.39, 0.29) is 5.91 Å². The van der Waals surface area contributed by atoms with Gasteiger partial charge in [0.1, 0.15) is 0 Å². The van der Waals surface area contributed by atoms with Crippen LogP contribution in [0.15, 0.2) is 54.9 Å². The number of aromatic nitrogens is 2. The van der Waals surface area contributed by atoms with Crippen LogP contribution in [-0.2, 0) is 0 Å². The molecule has 1 aliphatic rings. The fourth-order valence-electron chi connectivity index (χ4n) is 4.26. The molecule has 1 amide bonds. The Labute approximate surface area is 166 Å². The molecule has 1 aliphatic heterocycles. The van der Waals surface area contributed by atoms with Crippen LogP contribution in [0.3, 0.4) is 0 Å². The summed E-state index contributed by atoms with van der Waals surface area (Å²) in [6.07, 6.45) is 9.45. The van der Waals surface area contributed by atoms with Crippen molar-refractivity contribution in [3.63, 3.8) is 0 Å². The first-order chi connectivity index (χ1) is 13.8. The predicted molar refractivity (Wildman–Crippen MR) is 113 cm³/mol. The Morgan fingerprint density at radius 2 is 1.93 bits per heavy atom. The molecule has 1 aromatic carbocycles. The number of benzene rings is 1. The standard InChI is InChI=1S/C24H27N3O/c1-2-6-18-7-5-15-27(16-12-18)24(28)21-17-23(19-10-13-25-14-11-19)26-22-9-4-3-8-20(21)22/h3-4,8-11,13-14,17-18H,2,5-7,12,15-16H2,1H3/t18-/m1/s1. The third-order valence-corrected chi connectivity index (χ3v) is 5.75. The molecule has 1 saturated heterocycles. The lowest BCUT2D eigenvalue weighted by Crippen LogP contribution is -2.32. The molecule has 2 aromatic heterocycles. The number of rotatable bonds is 4. The van der Waals surface area contributed by atoms with Crippen LogP contribution >= 0.6 is 0 Å². The van der Waals surface area contributed by atoms with Crippen molar-refractivity contribution in [3.05, 3.63) is 60.4 Å². The summed E-state index contributed by atoms with van der Waals surface area (Å²) < 4.78 is 0. The highest BCUT2D eigenvalue weighted by Gasteiger charge is 2.23. The fraction of sp³-hybridized carbons (Fsp3) is 0.375. The Morgan fingerprint density at radius 1 is 1.11 bits per heavy atom. The molecule has 4 nitrogen and oxygen atoms in total. The molecule has 0 unspecified atom stereocenters. The summed E-state index contributed by atoms with van der Waals surface area (Å²) in [5.74, 6) is 0.885. The third-order valence-electron chi connectivity index (χ3n) is 5.75. The van der Waals surface area contributed by atoms with E-state index in [2.05, 4.69) is 11.9 Å². The van der Waals surface area contributed by atoms with Crippen molar-refractivity contribution in [1.29, 1.82) is 0 Å². The topological polar surface area (TPSA) is 46.1 Å². The van der Waals surface area contributed by atoms with E-state index in [4.69, 9.17) is 4.98 Å². The van der Waals surface area contributed by atoms with E-state index in [0.717, 1.165) is 59.6 Å². The van der Waals surface area contributed by atoms with Gasteiger partial charge in [0.05, 0.1) is 16.8 Å². The molecule has 1 fully saturated rings. The van der Waals surface area contributed by atoms with Crippen molar-refractivity contribution >= 4 is 16.8 Å². The summed E-state index contributed by atoms with van der Waals surface area (Å²) in [4.78, 5) is 24.4. The van der Waals surface area contributed by atoms with Gasteiger partial charge in [0, 0.05) is 36.4 Å². The normalized spacial score (nSPS) is 17.5. The second-order valence-electron chi connectivity index (χ2n) is 7.69. The molecule has 0 radical (unpaired) electrons. The van der Waals surface area contributed by atoms with Gasteiger partial charge in [-0.15, -0.1) is 0 Å². The zero-order valence-electron chi connectivity index (χ0n) is 16.5. The highest BCUT2D eigenvalue weighted by Crippen LogP contribution is 2.27. The van der Waals surface area contributed by atoms with Crippen LogP contribution in [0.4, 0.5) is 0 Å². The lowest BCUT2D eigenvalue weighted by atomic mass is 9.96. The quantitative estimate of drug-likeness (QED) is 0.620. The molecule has 4 heteroatoms. The highest BCUT2D eigenvalue weighted by atomic mass is 16.2. The van der Waals surface area contributed by atoms with Crippen molar-refractivity contribution in [3.8, 4) is 11.3 Å². The first-order valence-electron chi connectivity index (χ1n) is 10.4. The van der Waals surface area contributed by atoms with Gasteiger partial charge in [-0.2, -0.15) is 0 Å². The number of amides is 1. The van der Waals surface area contributed by atoms with Gasteiger partial charge in [-0.25, -0.2) is 4.98 Å². The molecule has 3 aromatic rings. The van der Waals surface area contributed by atoms with Crippen LogP contribution in [0, 0.1) is 5.92 Å². The number of para-hydroxylation sites is 1. The number of nitrogens with zero attached hydrogens (tertiary/aromatic N) is 3. The van der Waals surface area contributed by atoms with E-state index in [1.165, 1.54) is 19.3 Å². The van der Waals surface area contributed by atoms with Gasteiger partial charge in [-0.05, 0) is 49.4 Å². The van der Waals surface area contributed by atoms with Crippen molar-refractivity contribution in [2.24, 2.45) is 5.92 Å². The van der Waals surface area contributed by atoms with Crippen LogP contribution in [0.5, 0.6) is 0 Å². The second kappa shape index (κ2) is 8.51. The summed E-state index contributed by atoms with van der Waals surface area (Å²) in [7, 11) is 0. The van der Waals surface area contributed by atoms with Crippen molar-refractivity contribution in [2.45, 2.75) is 39.0 Å². The first-order valence-corrected chi connectivity index (χ1v) is 10.4. The zero-order chi connectivity index (χ0) is 19.3. The molecule has 28 heavy (non-hydrogen) atoms. The fourth-order valence-corrected chi connectivity index (χ4v) is 4.26. The van der Waals surface area contributed by atoms with Crippen LogP contribution < -0.4 is 0 Å². The minimum Gasteiger partial charge on any atom is -0.339 e. The average Bonchev–Trinajstić information content (AvgIpc) is 2.99. The van der Waals surface area contributed by atoms with Gasteiger partial charge in [0.15, 0.2) is 0 Å². The molecular weight excluding hydrogens is 346 g/mol. The molecule has 0 spiro atoms. The Bertz CT molecular complexity index is 954. The summed E-state index contributed by atoms with van der Waals surface area (Å²) in [5.41, 5.74) is 3.42. The maximum absolute atomic E-state index is 13.5. The number of fused-ring (bicyclic) bond motifs is 1. The summed E-state index contributed by atoms with van der Waals surface area (Å²) in [6.45, 7) is 3.95. The van der Waals surface area contributed by atoms with Crippen molar-refractivity contribution in [2.75, 3.05) is 13.1 Å². The Balaban J connectivity index is 1.70. The molecule has 0 saturated carbocycles. The largest absolute Gasteiger partial charge is 0.339 e. The molecule has 0 aliphatic carbocycles. The minimum atomic E-state index is 0.131. The lowest BCUT2D eigenvalue weighted by Gasteiger charge is -2.22. The number of hydrogen-bond acceptors (Lipinski definition) is 3. The maximum Gasteiger partial charge on any atom is 0.254 e.